The topological polar surface area (TPSA) is 88.9 Å². The highest BCUT2D eigenvalue weighted by Gasteiger charge is 2.18. The number of hydrazone groups is 1. The van der Waals surface area contributed by atoms with E-state index in [1.807, 2.05) is 31.2 Å². The van der Waals surface area contributed by atoms with Gasteiger partial charge in [0.05, 0.1) is 30.1 Å². The lowest BCUT2D eigenvalue weighted by molar-refractivity contribution is 0.341. The summed E-state index contributed by atoms with van der Waals surface area (Å²) in [6.07, 6.45) is 4.90. The molecule has 4 rings (SSSR count). The fourth-order valence-electron chi connectivity index (χ4n) is 3.29. The first-order valence-electron chi connectivity index (χ1n) is 9.94. The average Bonchev–Trinajstić information content (AvgIpc) is 3.19. The molecule has 0 fully saturated rings. The van der Waals surface area contributed by atoms with Crippen molar-refractivity contribution in [2.45, 2.75) is 6.92 Å². The summed E-state index contributed by atoms with van der Waals surface area (Å²) in [5.74, 6) is 1.84. The molecule has 0 unspecified atom stereocenters. The van der Waals surface area contributed by atoms with Crippen molar-refractivity contribution in [1.29, 1.82) is 0 Å². The Morgan fingerprint density at radius 1 is 1.19 bits per heavy atom. The van der Waals surface area contributed by atoms with Gasteiger partial charge in [0.25, 0.3) is 0 Å². The Morgan fingerprint density at radius 2 is 2.03 bits per heavy atom. The number of benzene rings is 2. The number of nitrogens with one attached hydrogen (secondary N) is 1. The number of hydrogen-bond donors (Lipinski definition) is 2. The number of thiophene rings is 1. The van der Waals surface area contributed by atoms with E-state index in [1.54, 1.807) is 41.8 Å². The Morgan fingerprint density at radius 3 is 2.78 bits per heavy atom. The monoisotopic (exact) mass is 446 g/mol. The molecule has 0 radical (unpaired) electrons. The van der Waals surface area contributed by atoms with Gasteiger partial charge in [-0.2, -0.15) is 5.10 Å². The quantitative estimate of drug-likeness (QED) is 0.272. The standard InChI is InChI=1S/C24H22N4O3S/c1-4-16-21-23(32-22(16)17-8-6-7-9-19(17)31-5-2)24(26-14-25-21)28-27-13-15-10-11-20(30-3)18(29)12-15/h4,6-14,29H,1,5H2,2-3H3,(H,25,26,28)/b27-13+. The molecule has 0 saturated carbocycles. The number of aromatic hydroxyl groups is 1. The van der Waals surface area contributed by atoms with Gasteiger partial charge in [0.2, 0.25) is 0 Å². The van der Waals surface area contributed by atoms with Gasteiger partial charge in [-0.05, 0) is 42.8 Å². The number of nitrogens with zero attached hydrogens (tertiary/aromatic N) is 3. The summed E-state index contributed by atoms with van der Waals surface area (Å²) in [5, 5.41) is 14.2. The van der Waals surface area contributed by atoms with E-state index in [4.69, 9.17) is 9.47 Å². The van der Waals surface area contributed by atoms with Crippen LogP contribution in [0.1, 0.15) is 18.1 Å². The molecule has 2 heterocycles. The van der Waals surface area contributed by atoms with Gasteiger partial charge in [0.15, 0.2) is 17.3 Å². The number of fused-ring (bicyclic) bond motifs is 1. The Labute approximate surface area is 189 Å². The number of phenolic OH excluding ortho intramolecular Hbond substituents is 1. The molecule has 0 saturated heterocycles. The predicted molar refractivity (Wildman–Crippen MR) is 130 cm³/mol. The van der Waals surface area contributed by atoms with Gasteiger partial charge in [0.1, 0.15) is 12.1 Å². The first-order chi connectivity index (χ1) is 15.7. The van der Waals surface area contributed by atoms with Crippen LogP contribution in [0.5, 0.6) is 17.2 Å². The molecule has 8 heteroatoms. The lowest BCUT2D eigenvalue weighted by Crippen LogP contribution is -1.95. The number of ether oxygens (including phenoxy) is 2. The minimum atomic E-state index is 0.0485. The highest BCUT2D eigenvalue weighted by Crippen LogP contribution is 2.43. The van der Waals surface area contributed by atoms with Crippen LogP contribution < -0.4 is 14.9 Å². The average molecular weight is 447 g/mol. The number of methoxy groups -OCH3 is 1. The van der Waals surface area contributed by atoms with Crippen LogP contribution >= 0.6 is 11.3 Å². The SMILES string of the molecule is C=Cc1c(-c2ccccc2OCC)sc2c(N/N=C/c3ccc(OC)c(O)c3)ncnc12. The molecule has 0 amide bonds. The summed E-state index contributed by atoms with van der Waals surface area (Å²) >= 11 is 1.55. The fourth-order valence-corrected chi connectivity index (χ4v) is 4.51. The van der Waals surface area contributed by atoms with E-state index in [0.717, 1.165) is 32.0 Å². The zero-order chi connectivity index (χ0) is 22.5. The second kappa shape index (κ2) is 9.49. The number of para-hydroxylation sites is 1. The van der Waals surface area contributed by atoms with Gasteiger partial charge in [-0.25, -0.2) is 9.97 Å². The Balaban J connectivity index is 1.70. The van der Waals surface area contributed by atoms with E-state index in [2.05, 4.69) is 27.1 Å². The van der Waals surface area contributed by atoms with Crippen LogP contribution in [-0.4, -0.2) is 35.0 Å². The smallest absolute Gasteiger partial charge is 0.167 e. The fraction of sp³-hybridized carbons (Fsp3) is 0.125. The molecule has 2 aromatic carbocycles. The van der Waals surface area contributed by atoms with Crippen molar-refractivity contribution in [1.82, 2.24) is 9.97 Å². The molecule has 0 bridgehead atoms. The highest BCUT2D eigenvalue weighted by molar-refractivity contribution is 7.23. The van der Waals surface area contributed by atoms with Crippen LogP contribution in [0.25, 0.3) is 26.7 Å². The van der Waals surface area contributed by atoms with Crippen molar-refractivity contribution in [3.63, 3.8) is 0 Å². The van der Waals surface area contributed by atoms with E-state index in [9.17, 15) is 5.11 Å². The molecule has 7 nitrogen and oxygen atoms in total. The van der Waals surface area contributed by atoms with E-state index in [0.29, 0.717) is 23.7 Å². The Hall–Kier alpha value is -3.91. The molecule has 162 valence electrons. The molecular weight excluding hydrogens is 424 g/mol. The molecule has 0 spiro atoms. The van der Waals surface area contributed by atoms with Crippen molar-refractivity contribution >= 4 is 39.7 Å². The second-order valence-corrected chi connectivity index (χ2v) is 7.70. The summed E-state index contributed by atoms with van der Waals surface area (Å²) in [7, 11) is 1.50. The minimum absolute atomic E-state index is 0.0485. The van der Waals surface area contributed by atoms with Gasteiger partial charge in [-0.15, -0.1) is 11.3 Å². The number of phenols is 1. The largest absolute Gasteiger partial charge is 0.504 e. The van der Waals surface area contributed by atoms with Crippen LogP contribution in [-0.2, 0) is 0 Å². The van der Waals surface area contributed by atoms with Crippen molar-refractivity contribution in [3.8, 4) is 27.7 Å². The lowest BCUT2D eigenvalue weighted by Gasteiger charge is -2.09. The van der Waals surface area contributed by atoms with Crippen LogP contribution in [0.2, 0.25) is 0 Å². The molecule has 0 aliphatic rings. The maximum atomic E-state index is 9.93. The van der Waals surface area contributed by atoms with Gasteiger partial charge < -0.3 is 14.6 Å². The maximum absolute atomic E-state index is 9.93. The molecule has 4 aromatic rings. The molecule has 0 atom stereocenters. The van der Waals surface area contributed by atoms with Crippen LogP contribution in [0.4, 0.5) is 5.82 Å². The molecule has 0 aliphatic carbocycles. The summed E-state index contributed by atoms with van der Waals surface area (Å²) in [6.45, 7) is 6.53. The van der Waals surface area contributed by atoms with Gasteiger partial charge in [0, 0.05) is 16.0 Å². The third-order valence-corrected chi connectivity index (χ3v) is 5.97. The summed E-state index contributed by atoms with van der Waals surface area (Å²) in [6, 6.07) is 13.0. The zero-order valence-electron chi connectivity index (χ0n) is 17.7. The summed E-state index contributed by atoms with van der Waals surface area (Å²) in [5.41, 5.74) is 6.40. The van der Waals surface area contributed by atoms with E-state index >= 15 is 0 Å². The first kappa shape index (κ1) is 21.3. The maximum Gasteiger partial charge on any atom is 0.167 e. The number of hydrogen-bond acceptors (Lipinski definition) is 8. The van der Waals surface area contributed by atoms with E-state index in [-0.39, 0.29) is 5.75 Å². The predicted octanol–water partition coefficient (Wildman–Crippen LogP) is 5.56. The molecular formula is C24H22N4O3S. The van der Waals surface area contributed by atoms with Crippen molar-refractivity contribution in [2.24, 2.45) is 5.10 Å². The van der Waals surface area contributed by atoms with E-state index in [1.165, 1.54) is 13.4 Å². The summed E-state index contributed by atoms with van der Waals surface area (Å²) < 4.78 is 11.7. The normalized spacial score (nSPS) is 11.1. The van der Waals surface area contributed by atoms with Gasteiger partial charge >= 0.3 is 0 Å². The lowest BCUT2D eigenvalue weighted by atomic mass is 10.1. The number of aromatic nitrogens is 2. The Bertz CT molecular complexity index is 1300. The highest BCUT2D eigenvalue weighted by atomic mass is 32.1. The minimum Gasteiger partial charge on any atom is -0.504 e. The number of anilines is 1. The molecule has 2 N–H and O–H groups in total. The Kier molecular flexibility index (Phi) is 6.32. The van der Waals surface area contributed by atoms with Gasteiger partial charge in [-0.3, -0.25) is 5.43 Å². The van der Waals surface area contributed by atoms with Gasteiger partial charge in [-0.1, -0.05) is 24.8 Å². The van der Waals surface area contributed by atoms with Crippen LogP contribution in [0, 0.1) is 0 Å². The summed E-state index contributed by atoms with van der Waals surface area (Å²) in [4.78, 5) is 9.85. The van der Waals surface area contributed by atoms with Crippen molar-refractivity contribution < 1.29 is 14.6 Å². The second-order valence-electron chi connectivity index (χ2n) is 6.68. The van der Waals surface area contributed by atoms with Crippen molar-refractivity contribution in [3.05, 3.63) is 66.5 Å². The third-order valence-electron chi connectivity index (χ3n) is 4.73. The molecule has 0 aliphatic heterocycles. The zero-order valence-corrected chi connectivity index (χ0v) is 18.5. The van der Waals surface area contributed by atoms with Crippen LogP contribution in [0.3, 0.4) is 0 Å². The van der Waals surface area contributed by atoms with Crippen LogP contribution in [0.15, 0.2) is 60.5 Å². The molecule has 2 aromatic heterocycles. The molecule has 32 heavy (non-hydrogen) atoms. The van der Waals surface area contributed by atoms with E-state index < -0.39 is 0 Å². The van der Waals surface area contributed by atoms with Crippen molar-refractivity contribution in [2.75, 3.05) is 19.1 Å². The third kappa shape index (κ3) is 4.13. The number of rotatable bonds is 8. The first-order valence-corrected chi connectivity index (χ1v) is 10.8.